The van der Waals surface area contributed by atoms with E-state index in [9.17, 15) is 9.59 Å². The number of nitrogens with one attached hydrogen (secondary N) is 1. The number of aromatic nitrogens is 2. The molecule has 0 spiro atoms. The van der Waals surface area contributed by atoms with Crippen LogP contribution >= 0.6 is 11.8 Å². The molecule has 0 radical (unpaired) electrons. The summed E-state index contributed by atoms with van der Waals surface area (Å²) >= 11 is 1.60. The molecule has 0 atom stereocenters. The van der Waals surface area contributed by atoms with Gasteiger partial charge >= 0.3 is 0 Å². The van der Waals surface area contributed by atoms with Gasteiger partial charge in [0.15, 0.2) is 5.16 Å². The fourth-order valence-corrected chi connectivity index (χ4v) is 3.64. The predicted molar refractivity (Wildman–Crippen MR) is 93.2 cm³/mol. The van der Waals surface area contributed by atoms with Crippen molar-refractivity contribution in [2.75, 3.05) is 12.3 Å². The molecule has 1 aliphatic heterocycles. The number of nitrogens with zero attached hydrogens (tertiary/aromatic N) is 2. The monoisotopic (exact) mass is 337 g/mol. The number of imidazole rings is 1. The molecule has 1 aliphatic rings. The quantitative estimate of drug-likeness (QED) is 0.440. The number of H-pyrrole nitrogens is 1. The van der Waals surface area contributed by atoms with Crippen LogP contribution in [0.3, 0.4) is 0 Å². The zero-order valence-corrected chi connectivity index (χ0v) is 13.7. The zero-order valence-electron chi connectivity index (χ0n) is 12.9. The molecule has 2 amide bonds. The maximum absolute atomic E-state index is 12.3. The maximum Gasteiger partial charge on any atom is 0.261 e. The van der Waals surface area contributed by atoms with E-state index in [2.05, 4.69) is 9.97 Å². The molecule has 0 aliphatic carbocycles. The summed E-state index contributed by atoms with van der Waals surface area (Å²) in [5.41, 5.74) is 2.97. The van der Waals surface area contributed by atoms with Gasteiger partial charge in [-0.2, -0.15) is 0 Å². The van der Waals surface area contributed by atoms with Crippen LogP contribution in [0, 0.1) is 0 Å². The number of carbonyl (C=O) groups is 2. The summed E-state index contributed by atoms with van der Waals surface area (Å²) in [4.78, 5) is 33.6. The first-order chi connectivity index (χ1) is 11.7. The van der Waals surface area contributed by atoms with Crippen molar-refractivity contribution in [2.45, 2.75) is 11.6 Å². The second-order valence-corrected chi connectivity index (χ2v) is 6.65. The predicted octanol–water partition coefficient (Wildman–Crippen LogP) is 3.34. The summed E-state index contributed by atoms with van der Waals surface area (Å²) in [5.74, 6) is 0.404. The molecule has 2 heterocycles. The number of hydrogen-bond acceptors (Lipinski definition) is 4. The number of benzene rings is 2. The molecule has 3 aromatic rings. The first-order valence-electron chi connectivity index (χ1n) is 7.77. The summed E-state index contributed by atoms with van der Waals surface area (Å²) < 4.78 is 0. The van der Waals surface area contributed by atoms with Gasteiger partial charge in [-0.3, -0.25) is 14.5 Å². The highest BCUT2D eigenvalue weighted by Crippen LogP contribution is 2.24. The van der Waals surface area contributed by atoms with Crippen LogP contribution in [0.5, 0.6) is 0 Å². The first-order valence-corrected chi connectivity index (χ1v) is 8.75. The van der Waals surface area contributed by atoms with E-state index in [0.29, 0.717) is 17.7 Å². The van der Waals surface area contributed by atoms with Crippen molar-refractivity contribution >= 4 is 34.6 Å². The molecule has 0 fully saturated rings. The summed E-state index contributed by atoms with van der Waals surface area (Å²) in [5, 5.41) is 0.860. The highest BCUT2D eigenvalue weighted by atomic mass is 32.2. The Labute approximate surface area is 143 Å². The lowest BCUT2D eigenvalue weighted by atomic mass is 10.1. The molecule has 5 nitrogen and oxygen atoms in total. The van der Waals surface area contributed by atoms with Crippen LogP contribution in [0.2, 0.25) is 0 Å². The Morgan fingerprint density at radius 2 is 1.62 bits per heavy atom. The van der Waals surface area contributed by atoms with Gasteiger partial charge < -0.3 is 4.98 Å². The normalized spacial score (nSPS) is 13.8. The number of amides is 2. The molecule has 4 rings (SSSR count). The Bertz CT molecular complexity index is 867. The number of hydrogen-bond donors (Lipinski definition) is 1. The lowest BCUT2D eigenvalue weighted by Crippen LogP contribution is -2.30. The number of rotatable bonds is 5. The maximum atomic E-state index is 12.3. The lowest BCUT2D eigenvalue weighted by molar-refractivity contribution is 0.0655. The Kier molecular flexibility index (Phi) is 3.82. The van der Waals surface area contributed by atoms with E-state index < -0.39 is 0 Å². The highest BCUT2D eigenvalue weighted by molar-refractivity contribution is 7.99. The molecule has 1 N–H and O–H groups in total. The van der Waals surface area contributed by atoms with Crippen molar-refractivity contribution in [2.24, 2.45) is 0 Å². The van der Waals surface area contributed by atoms with Crippen LogP contribution in [0.15, 0.2) is 53.7 Å². The Morgan fingerprint density at radius 1 is 0.958 bits per heavy atom. The minimum atomic E-state index is -0.190. The minimum Gasteiger partial charge on any atom is -0.333 e. The Balaban J connectivity index is 1.35. The third-order valence-electron chi connectivity index (χ3n) is 4.01. The van der Waals surface area contributed by atoms with E-state index >= 15 is 0 Å². The number of aromatic amines is 1. The number of thioether (sulfide) groups is 1. The van der Waals surface area contributed by atoms with E-state index in [1.807, 2.05) is 24.3 Å². The molecule has 0 unspecified atom stereocenters. The average molecular weight is 337 g/mol. The molecule has 2 aromatic carbocycles. The Morgan fingerprint density at radius 3 is 2.33 bits per heavy atom. The van der Waals surface area contributed by atoms with Crippen LogP contribution in [-0.2, 0) is 0 Å². The second-order valence-electron chi connectivity index (χ2n) is 5.57. The van der Waals surface area contributed by atoms with Crippen LogP contribution < -0.4 is 0 Å². The second kappa shape index (κ2) is 6.13. The first kappa shape index (κ1) is 15.0. The van der Waals surface area contributed by atoms with Gasteiger partial charge in [0.05, 0.1) is 22.2 Å². The van der Waals surface area contributed by atoms with Crippen LogP contribution in [-0.4, -0.2) is 39.0 Å². The van der Waals surface area contributed by atoms with Gasteiger partial charge in [0.25, 0.3) is 11.8 Å². The van der Waals surface area contributed by atoms with Gasteiger partial charge in [-0.05, 0) is 30.7 Å². The van der Waals surface area contributed by atoms with Crippen LogP contribution in [0.1, 0.15) is 27.1 Å². The fourth-order valence-electron chi connectivity index (χ4n) is 2.83. The minimum absolute atomic E-state index is 0.190. The van der Waals surface area contributed by atoms with Crippen molar-refractivity contribution < 1.29 is 9.59 Å². The number of carbonyl (C=O) groups excluding carboxylic acids is 2. The highest BCUT2D eigenvalue weighted by Gasteiger charge is 2.34. The molecule has 6 heteroatoms. The van der Waals surface area contributed by atoms with Crippen molar-refractivity contribution in [3.63, 3.8) is 0 Å². The number of imide groups is 1. The third-order valence-corrected chi connectivity index (χ3v) is 4.97. The van der Waals surface area contributed by atoms with Crippen molar-refractivity contribution in [3.05, 3.63) is 59.7 Å². The molecule has 0 bridgehead atoms. The molecule has 0 saturated carbocycles. The van der Waals surface area contributed by atoms with Crippen molar-refractivity contribution in [1.82, 2.24) is 14.9 Å². The van der Waals surface area contributed by atoms with E-state index in [1.54, 1.807) is 36.0 Å². The fraction of sp³-hybridized carbons (Fsp3) is 0.167. The van der Waals surface area contributed by atoms with E-state index in [4.69, 9.17) is 0 Å². The average Bonchev–Trinajstić information content (AvgIpc) is 3.13. The molecule has 1 aromatic heterocycles. The number of fused-ring (bicyclic) bond motifs is 2. The van der Waals surface area contributed by atoms with Gasteiger partial charge in [-0.1, -0.05) is 36.0 Å². The van der Waals surface area contributed by atoms with Gasteiger partial charge in [-0.15, -0.1) is 0 Å². The molecule has 120 valence electrons. The largest absolute Gasteiger partial charge is 0.333 e. The summed E-state index contributed by atoms with van der Waals surface area (Å²) in [6, 6.07) is 14.9. The van der Waals surface area contributed by atoms with Gasteiger partial charge in [0, 0.05) is 12.3 Å². The summed E-state index contributed by atoms with van der Waals surface area (Å²) in [7, 11) is 0. The lowest BCUT2D eigenvalue weighted by Gasteiger charge is -2.12. The van der Waals surface area contributed by atoms with Gasteiger partial charge in [-0.25, -0.2) is 4.98 Å². The molecular formula is C18H15N3O2S. The molecular weight excluding hydrogens is 322 g/mol. The van der Waals surface area contributed by atoms with Gasteiger partial charge in [0.1, 0.15) is 0 Å². The summed E-state index contributed by atoms with van der Waals surface area (Å²) in [6.45, 7) is 0.430. The molecule has 0 saturated heterocycles. The van der Waals surface area contributed by atoms with Crippen LogP contribution in [0.25, 0.3) is 11.0 Å². The van der Waals surface area contributed by atoms with Crippen LogP contribution in [0.4, 0.5) is 0 Å². The number of para-hydroxylation sites is 2. The summed E-state index contributed by atoms with van der Waals surface area (Å²) in [6.07, 6.45) is 0.729. The van der Waals surface area contributed by atoms with Crippen molar-refractivity contribution in [1.29, 1.82) is 0 Å². The van der Waals surface area contributed by atoms with E-state index in [-0.39, 0.29) is 11.8 Å². The standard InChI is InChI=1S/C18H15N3O2S/c22-16-12-6-1-2-7-13(12)17(23)21(16)10-5-11-24-18-19-14-8-3-4-9-15(14)20-18/h1-4,6-9H,5,10-11H2,(H,19,20). The van der Waals surface area contributed by atoms with Gasteiger partial charge in [0.2, 0.25) is 0 Å². The topological polar surface area (TPSA) is 66.1 Å². The zero-order chi connectivity index (χ0) is 16.5. The van der Waals surface area contributed by atoms with E-state index in [1.165, 1.54) is 4.90 Å². The Hall–Kier alpha value is -2.60. The third kappa shape index (κ3) is 2.59. The molecule has 24 heavy (non-hydrogen) atoms. The SMILES string of the molecule is O=C1c2ccccc2C(=O)N1CCCSc1nc2ccccc2[nH]1. The van der Waals surface area contributed by atoms with E-state index in [0.717, 1.165) is 28.4 Å². The smallest absolute Gasteiger partial charge is 0.261 e. The van der Waals surface area contributed by atoms with Crippen molar-refractivity contribution in [3.8, 4) is 0 Å².